The van der Waals surface area contributed by atoms with Crippen LogP contribution in [0, 0.1) is 0 Å². The summed E-state index contributed by atoms with van der Waals surface area (Å²) >= 11 is 0. The Morgan fingerprint density at radius 2 is 2.00 bits per heavy atom. The Balaban J connectivity index is 2.22. The van der Waals surface area contributed by atoms with Crippen molar-refractivity contribution in [3.63, 3.8) is 0 Å². The lowest BCUT2D eigenvalue weighted by Gasteiger charge is -2.09. The minimum atomic E-state index is 0.218. The van der Waals surface area contributed by atoms with E-state index in [0.717, 1.165) is 17.9 Å². The van der Waals surface area contributed by atoms with Crippen LogP contribution in [0.4, 0.5) is 0 Å². The van der Waals surface area contributed by atoms with Crippen LogP contribution in [0.2, 0.25) is 0 Å². The van der Waals surface area contributed by atoms with E-state index in [1.165, 1.54) is 0 Å². The number of rotatable bonds is 2. The van der Waals surface area contributed by atoms with Crippen LogP contribution in [-0.4, -0.2) is 18.0 Å². The minimum Gasteiger partial charge on any atom is -0.472 e. The first-order valence-electron chi connectivity index (χ1n) is 5.11. The Morgan fingerprint density at radius 1 is 1.29 bits per heavy atom. The zero-order valence-corrected chi connectivity index (χ0v) is 8.60. The van der Waals surface area contributed by atoms with E-state index in [-0.39, 0.29) is 6.10 Å². The van der Waals surface area contributed by atoms with Crippen LogP contribution in [0.1, 0.15) is 25.8 Å². The number of hydrogen-bond donors (Lipinski definition) is 0. The highest BCUT2D eigenvalue weighted by Gasteiger charge is 2.25. The summed E-state index contributed by atoms with van der Waals surface area (Å²) in [6.07, 6.45) is 1.26. The van der Waals surface area contributed by atoms with Crippen LogP contribution in [0.15, 0.2) is 35.3 Å². The molecule has 1 aromatic rings. The molecule has 1 aliphatic rings. The van der Waals surface area contributed by atoms with E-state index in [2.05, 4.69) is 18.8 Å². The summed E-state index contributed by atoms with van der Waals surface area (Å²) in [7, 11) is 0. The first-order valence-corrected chi connectivity index (χ1v) is 5.11. The molecule has 0 fully saturated rings. The summed E-state index contributed by atoms with van der Waals surface area (Å²) in [5, 5.41) is 0. The predicted molar refractivity (Wildman–Crippen MR) is 57.6 cm³/mol. The second kappa shape index (κ2) is 3.82. The molecule has 2 rings (SSSR count). The molecule has 2 nitrogen and oxygen atoms in total. The molecule has 0 unspecified atom stereocenters. The first kappa shape index (κ1) is 9.25. The lowest BCUT2D eigenvalue weighted by atomic mass is 10.1. The Kier molecular flexibility index (Phi) is 2.53. The van der Waals surface area contributed by atoms with E-state index in [1.807, 2.05) is 30.3 Å². The maximum atomic E-state index is 5.70. The molecule has 0 N–H and O–H groups in total. The molecular formula is C12H15NO. The van der Waals surface area contributed by atoms with Crippen LogP contribution in [0.3, 0.4) is 0 Å². The van der Waals surface area contributed by atoms with Gasteiger partial charge in [0.05, 0.1) is 6.04 Å². The van der Waals surface area contributed by atoms with Crippen LogP contribution >= 0.6 is 0 Å². The summed E-state index contributed by atoms with van der Waals surface area (Å²) in [4.78, 5) is 4.55. The van der Waals surface area contributed by atoms with Crippen molar-refractivity contribution in [3.8, 4) is 0 Å². The molecule has 74 valence electrons. The third-order valence-electron chi connectivity index (χ3n) is 2.56. The molecule has 1 aromatic carbocycles. The maximum absolute atomic E-state index is 5.70. The molecule has 0 amide bonds. The molecule has 2 atom stereocenters. The van der Waals surface area contributed by atoms with E-state index in [0.29, 0.717) is 6.04 Å². The van der Waals surface area contributed by atoms with Crippen molar-refractivity contribution in [1.82, 2.24) is 0 Å². The molecule has 0 spiro atoms. The Morgan fingerprint density at radius 3 is 2.57 bits per heavy atom. The Labute approximate surface area is 84.6 Å². The molecule has 14 heavy (non-hydrogen) atoms. The van der Waals surface area contributed by atoms with Gasteiger partial charge in [-0.1, -0.05) is 25.1 Å². The van der Waals surface area contributed by atoms with E-state index < -0.39 is 0 Å². The van der Waals surface area contributed by atoms with Gasteiger partial charge in [0, 0.05) is 5.56 Å². The number of benzene rings is 1. The standard InChI is InChI=1S/C12H15NO/c1-3-11-9(2)14-12(13-11)10-7-5-4-6-8-10/h4-9,11H,3H2,1-2H3/t9-,11+/m1/s1. The summed E-state index contributed by atoms with van der Waals surface area (Å²) in [6, 6.07) is 10.4. The molecular weight excluding hydrogens is 174 g/mol. The van der Waals surface area contributed by atoms with Crippen LogP contribution in [0.5, 0.6) is 0 Å². The van der Waals surface area contributed by atoms with Crippen LogP contribution < -0.4 is 0 Å². The lowest BCUT2D eigenvalue weighted by Crippen LogP contribution is -2.17. The summed E-state index contributed by atoms with van der Waals surface area (Å²) < 4.78 is 5.70. The van der Waals surface area contributed by atoms with E-state index in [1.54, 1.807) is 0 Å². The highest BCUT2D eigenvalue weighted by atomic mass is 16.5. The quantitative estimate of drug-likeness (QED) is 0.700. The predicted octanol–water partition coefficient (Wildman–Crippen LogP) is 2.63. The average Bonchev–Trinajstić information content (AvgIpc) is 2.61. The van der Waals surface area contributed by atoms with Gasteiger partial charge >= 0.3 is 0 Å². The minimum absolute atomic E-state index is 0.218. The van der Waals surface area contributed by atoms with Gasteiger partial charge in [0.25, 0.3) is 0 Å². The van der Waals surface area contributed by atoms with Gasteiger partial charge in [0.2, 0.25) is 5.90 Å². The zero-order valence-electron chi connectivity index (χ0n) is 8.60. The average molecular weight is 189 g/mol. The first-order chi connectivity index (χ1) is 6.81. The molecule has 0 radical (unpaired) electrons. The summed E-state index contributed by atoms with van der Waals surface area (Å²) in [5.74, 6) is 0.796. The normalized spacial score (nSPS) is 25.7. The van der Waals surface area contributed by atoms with Crippen molar-refractivity contribution in [3.05, 3.63) is 35.9 Å². The van der Waals surface area contributed by atoms with Crippen molar-refractivity contribution in [1.29, 1.82) is 0 Å². The van der Waals surface area contributed by atoms with E-state index in [9.17, 15) is 0 Å². The number of ether oxygens (including phenoxy) is 1. The zero-order chi connectivity index (χ0) is 9.97. The van der Waals surface area contributed by atoms with Crippen molar-refractivity contribution < 1.29 is 4.74 Å². The monoisotopic (exact) mass is 189 g/mol. The third kappa shape index (κ3) is 1.65. The number of aliphatic imine (C=N–C) groups is 1. The molecule has 2 heteroatoms. The molecule has 0 bridgehead atoms. The van der Waals surface area contributed by atoms with Gasteiger partial charge in [-0.05, 0) is 25.5 Å². The number of hydrogen-bond acceptors (Lipinski definition) is 2. The van der Waals surface area contributed by atoms with Gasteiger partial charge in [-0.15, -0.1) is 0 Å². The molecule has 1 heterocycles. The highest BCUT2D eigenvalue weighted by Crippen LogP contribution is 2.19. The topological polar surface area (TPSA) is 21.6 Å². The number of nitrogens with zero attached hydrogens (tertiary/aromatic N) is 1. The van der Waals surface area contributed by atoms with E-state index in [4.69, 9.17) is 4.74 Å². The molecule has 0 aromatic heterocycles. The second-order valence-corrected chi connectivity index (χ2v) is 3.60. The Bertz CT molecular complexity index is 331. The fourth-order valence-corrected chi connectivity index (χ4v) is 1.69. The van der Waals surface area contributed by atoms with Gasteiger partial charge in [-0.25, -0.2) is 4.99 Å². The smallest absolute Gasteiger partial charge is 0.216 e. The van der Waals surface area contributed by atoms with Crippen molar-refractivity contribution in [2.45, 2.75) is 32.4 Å². The SMILES string of the molecule is CC[C@@H]1N=C(c2ccccc2)O[C@@H]1C. The molecule has 0 saturated heterocycles. The molecule has 0 aliphatic carbocycles. The van der Waals surface area contributed by atoms with Crippen molar-refractivity contribution >= 4 is 5.90 Å². The maximum Gasteiger partial charge on any atom is 0.216 e. The third-order valence-corrected chi connectivity index (χ3v) is 2.56. The Hall–Kier alpha value is -1.31. The summed E-state index contributed by atoms with van der Waals surface area (Å²) in [6.45, 7) is 4.22. The van der Waals surface area contributed by atoms with Gasteiger partial charge in [0.15, 0.2) is 0 Å². The van der Waals surface area contributed by atoms with Crippen molar-refractivity contribution in [2.24, 2.45) is 4.99 Å². The van der Waals surface area contributed by atoms with Gasteiger partial charge in [0.1, 0.15) is 6.10 Å². The van der Waals surface area contributed by atoms with Gasteiger partial charge in [-0.2, -0.15) is 0 Å². The van der Waals surface area contributed by atoms with Gasteiger partial charge < -0.3 is 4.74 Å². The lowest BCUT2D eigenvalue weighted by molar-refractivity contribution is 0.211. The largest absolute Gasteiger partial charge is 0.472 e. The molecule has 1 aliphatic heterocycles. The van der Waals surface area contributed by atoms with Crippen molar-refractivity contribution in [2.75, 3.05) is 0 Å². The highest BCUT2D eigenvalue weighted by molar-refractivity contribution is 5.95. The van der Waals surface area contributed by atoms with Crippen LogP contribution in [-0.2, 0) is 4.74 Å². The second-order valence-electron chi connectivity index (χ2n) is 3.60. The fraction of sp³-hybridized carbons (Fsp3) is 0.417. The van der Waals surface area contributed by atoms with Gasteiger partial charge in [-0.3, -0.25) is 0 Å². The van der Waals surface area contributed by atoms with E-state index >= 15 is 0 Å². The fourth-order valence-electron chi connectivity index (χ4n) is 1.69. The van der Waals surface area contributed by atoms with Crippen LogP contribution in [0.25, 0.3) is 0 Å². The molecule has 0 saturated carbocycles. The summed E-state index contributed by atoms with van der Waals surface area (Å²) in [5.41, 5.74) is 1.08.